The molecule has 0 amide bonds. The summed E-state index contributed by atoms with van der Waals surface area (Å²) in [6.07, 6.45) is 5.24. The number of hydrogen-bond acceptors (Lipinski definition) is 4. The normalized spacial score (nSPS) is 25.9. The molecule has 0 bridgehead atoms. The van der Waals surface area contributed by atoms with E-state index in [1.54, 1.807) is 0 Å². The second kappa shape index (κ2) is 6.02. The van der Waals surface area contributed by atoms with Crippen LogP contribution in [0.5, 0.6) is 5.75 Å². The highest BCUT2D eigenvalue weighted by Gasteiger charge is 2.21. The summed E-state index contributed by atoms with van der Waals surface area (Å²) < 4.78 is 17.0. The van der Waals surface area contributed by atoms with Crippen LogP contribution in [0.25, 0.3) is 0 Å². The van der Waals surface area contributed by atoms with Crippen molar-refractivity contribution in [2.24, 2.45) is 5.92 Å². The van der Waals surface area contributed by atoms with Crippen LogP contribution in [0.3, 0.4) is 0 Å². The van der Waals surface area contributed by atoms with Crippen molar-refractivity contribution in [1.82, 2.24) is 0 Å². The Morgan fingerprint density at radius 1 is 1.25 bits per heavy atom. The Labute approximate surface area is 120 Å². The van der Waals surface area contributed by atoms with Crippen molar-refractivity contribution in [2.75, 3.05) is 12.5 Å². The van der Waals surface area contributed by atoms with Crippen LogP contribution in [0.15, 0.2) is 12.1 Å². The molecule has 4 heteroatoms. The lowest BCUT2D eigenvalue weighted by molar-refractivity contribution is -0.0222. The SMILES string of the molecule is CC1CCC(OCc2cc(N)cc3c2OCOC3)CC1. The molecule has 1 aliphatic carbocycles. The summed E-state index contributed by atoms with van der Waals surface area (Å²) in [5.41, 5.74) is 8.75. The molecule has 1 aliphatic heterocycles. The largest absolute Gasteiger partial charge is 0.467 e. The number of benzene rings is 1. The standard InChI is InChI=1S/C16H23NO3/c1-11-2-4-15(5-3-11)19-9-13-7-14(17)6-12-8-18-10-20-16(12)13/h6-7,11,15H,2-5,8-10,17H2,1H3. The fourth-order valence-corrected chi connectivity index (χ4v) is 3.04. The van der Waals surface area contributed by atoms with Crippen LogP contribution >= 0.6 is 0 Å². The van der Waals surface area contributed by atoms with E-state index in [2.05, 4.69) is 6.92 Å². The van der Waals surface area contributed by atoms with E-state index in [4.69, 9.17) is 19.9 Å². The fourth-order valence-electron chi connectivity index (χ4n) is 3.04. The summed E-state index contributed by atoms with van der Waals surface area (Å²) >= 11 is 0. The monoisotopic (exact) mass is 277 g/mol. The molecule has 1 fully saturated rings. The summed E-state index contributed by atoms with van der Waals surface area (Å²) in [5.74, 6) is 1.74. The van der Waals surface area contributed by atoms with Crippen molar-refractivity contribution in [2.45, 2.75) is 51.9 Å². The van der Waals surface area contributed by atoms with Crippen LogP contribution in [0.4, 0.5) is 5.69 Å². The molecule has 20 heavy (non-hydrogen) atoms. The lowest BCUT2D eigenvalue weighted by Gasteiger charge is -2.27. The molecule has 2 N–H and O–H groups in total. The van der Waals surface area contributed by atoms with E-state index in [1.807, 2.05) is 12.1 Å². The molecular weight excluding hydrogens is 254 g/mol. The summed E-state index contributed by atoms with van der Waals surface area (Å²) in [6.45, 7) is 3.77. The van der Waals surface area contributed by atoms with Crippen molar-refractivity contribution >= 4 is 5.69 Å². The van der Waals surface area contributed by atoms with E-state index in [1.165, 1.54) is 12.8 Å². The molecule has 0 saturated heterocycles. The van der Waals surface area contributed by atoms with Crippen molar-refractivity contribution in [1.29, 1.82) is 0 Å². The first kappa shape index (κ1) is 13.7. The lowest BCUT2D eigenvalue weighted by atomic mass is 9.89. The third kappa shape index (κ3) is 3.07. The first-order valence-electron chi connectivity index (χ1n) is 7.46. The predicted molar refractivity (Wildman–Crippen MR) is 77.3 cm³/mol. The first-order valence-corrected chi connectivity index (χ1v) is 7.46. The third-order valence-corrected chi connectivity index (χ3v) is 4.25. The van der Waals surface area contributed by atoms with E-state index in [0.717, 1.165) is 41.3 Å². The number of rotatable bonds is 3. The van der Waals surface area contributed by atoms with Gasteiger partial charge in [-0.05, 0) is 43.7 Å². The van der Waals surface area contributed by atoms with Crippen LogP contribution in [-0.4, -0.2) is 12.9 Å². The Balaban J connectivity index is 1.66. The highest BCUT2D eigenvalue weighted by atomic mass is 16.7. The topological polar surface area (TPSA) is 53.7 Å². The minimum Gasteiger partial charge on any atom is -0.467 e. The maximum atomic E-state index is 6.06. The van der Waals surface area contributed by atoms with Crippen LogP contribution in [-0.2, 0) is 22.7 Å². The van der Waals surface area contributed by atoms with Gasteiger partial charge in [-0.2, -0.15) is 0 Å². The van der Waals surface area contributed by atoms with Gasteiger partial charge in [-0.1, -0.05) is 6.92 Å². The van der Waals surface area contributed by atoms with Crippen LogP contribution in [0.2, 0.25) is 0 Å². The van der Waals surface area contributed by atoms with Crippen LogP contribution in [0.1, 0.15) is 43.7 Å². The summed E-state index contributed by atoms with van der Waals surface area (Å²) in [5, 5.41) is 0. The van der Waals surface area contributed by atoms with Gasteiger partial charge in [0.1, 0.15) is 5.75 Å². The Kier molecular flexibility index (Phi) is 4.13. The van der Waals surface area contributed by atoms with Gasteiger partial charge >= 0.3 is 0 Å². The van der Waals surface area contributed by atoms with Gasteiger partial charge in [0.2, 0.25) is 0 Å². The van der Waals surface area contributed by atoms with Crippen LogP contribution < -0.4 is 10.5 Å². The van der Waals surface area contributed by atoms with E-state index in [-0.39, 0.29) is 0 Å². The smallest absolute Gasteiger partial charge is 0.189 e. The Hall–Kier alpha value is -1.26. The van der Waals surface area contributed by atoms with Gasteiger partial charge in [0.05, 0.1) is 19.3 Å². The molecule has 110 valence electrons. The molecule has 0 spiro atoms. The van der Waals surface area contributed by atoms with E-state index < -0.39 is 0 Å². The van der Waals surface area contributed by atoms with Gasteiger partial charge in [-0.3, -0.25) is 0 Å². The molecule has 2 aliphatic rings. The molecular formula is C16H23NO3. The summed E-state index contributed by atoms with van der Waals surface area (Å²) in [4.78, 5) is 0. The quantitative estimate of drug-likeness (QED) is 0.862. The van der Waals surface area contributed by atoms with Gasteiger partial charge in [0.15, 0.2) is 6.79 Å². The maximum Gasteiger partial charge on any atom is 0.189 e. The van der Waals surface area contributed by atoms with Crippen molar-refractivity contribution < 1.29 is 14.2 Å². The van der Waals surface area contributed by atoms with E-state index in [0.29, 0.717) is 26.1 Å². The highest BCUT2D eigenvalue weighted by Crippen LogP contribution is 2.32. The molecule has 1 saturated carbocycles. The number of hydrogen-bond donors (Lipinski definition) is 1. The lowest BCUT2D eigenvalue weighted by Crippen LogP contribution is -2.21. The van der Waals surface area contributed by atoms with Gasteiger partial charge < -0.3 is 19.9 Å². The average Bonchev–Trinajstić information content (AvgIpc) is 2.46. The molecule has 4 nitrogen and oxygen atoms in total. The summed E-state index contributed by atoms with van der Waals surface area (Å²) in [6, 6.07) is 3.87. The minimum absolute atomic E-state index is 0.310. The predicted octanol–water partition coefficient (Wildman–Crippen LogP) is 3.23. The number of anilines is 1. The van der Waals surface area contributed by atoms with E-state index in [9.17, 15) is 0 Å². The van der Waals surface area contributed by atoms with Gasteiger partial charge in [0.25, 0.3) is 0 Å². The Bertz CT molecular complexity index is 467. The number of fused-ring (bicyclic) bond motifs is 1. The fraction of sp³-hybridized carbons (Fsp3) is 0.625. The molecule has 1 aromatic rings. The maximum absolute atomic E-state index is 6.06. The molecule has 0 aromatic heterocycles. The van der Waals surface area contributed by atoms with Crippen molar-refractivity contribution in [3.05, 3.63) is 23.3 Å². The molecule has 0 atom stereocenters. The Morgan fingerprint density at radius 2 is 2.05 bits per heavy atom. The van der Waals surface area contributed by atoms with Crippen molar-refractivity contribution in [3.8, 4) is 5.75 Å². The van der Waals surface area contributed by atoms with Crippen molar-refractivity contribution in [3.63, 3.8) is 0 Å². The zero-order chi connectivity index (χ0) is 13.9. The van der Waals surface area contributed by atoms with Gasteiger partial charge in [-0.25, -0.2) is 0 Å². The summed E-state index contributed by atoms with van der Waals surface area (Å²) in [7, 11) is 0. The minimum atomic E-state index is 0.310. The molecule has 1 heterocycles. The van der Waals surface area contributed by atoms with Crippen LogP contribution in [0, 0.1) is 5.92 Å². The zero-order valence-electron chi connectivity index (χ0n) is 12.1. The Morgan fingerprint density at radius 3 is 2.85 bits per heavy atom. The van der Waals surface area contributed by atoms with Gasteiger partial charge in [0, 0.05) is 16.8 Å². The molecule has 1 aromatic carbocycles. The first-order chi connectivity index (χ1) is 9.72. The molecule has 0 unspecified atom stereocenters. The highest BCUT2D eigenvalue weighted by molar-refractivity contribution is 5.53. The second-order valence-electron chi connectivity index (χ2n) is 5.97. The van der Waals surface area contributed by atoms with E-state index >= 15 is 0 Å². The average molecular weight is 277 g/mol. The van der Waals surface area contributed by atoms with Gasteiger partial charge in [-0.15, -0.1) is 0 Å². The number of nitrogen functional groups attached to an aromatic ring is 1. The second-order valence-corrected chi connectivity index (χ2v) is 5.97. The molecule has 3 rings (SSSR count). The number of nitrogens with two attached hydrogens (primary N) is 1. The third-order valence-electron chi connectivity index (χ3n) is 4.25. The molecule has 0 radical (unpaired) electrons. The number of ether oxygens (including phenoxy) is 3. The zero-order valence-corrected chi connectivity index (χ0v) is 12.1.